The molecule has 0 heterocycles. The molecule has 12 heavy (non-hydrogen) atoms. The summed E-state index contributed by atoms with van der Waals surface area (Å²) in [5, 5.41) is 0. The van der Waals surface area contributed by atoms with Gasteiger partial charge in [-0.15, -0.1) is 0 Å². The van der Waals surface area contributed by atoms with E-state index in [0.29, 0.717) is 12.0 Å². The van der Waals surface area contributed by atoms with Gasteiger partial charge in [0.1, 0.15) is 0 Å². The van der Waals surface area contributed by atoms with Crippen molar-refractivity contribution in [2.24, 2.45) is 0 Å². The first kappa shape index (κ1) is 11.4. The van der Waals surface area contributed by atoms with E-state index in [4.69, 9.17) is 4.74 Å². The third kappa shape index (κ3) is 4.29. The minimum Gasteiger partial charge on any atom is -0.379 e. The fraction of sp³-hybridized carbons (Fsp3) is 0.700. The Morgan fingerprint density at radius 3 is 2.33 bits per heavy atom. The second kappa shape index (κ2) is 4.41. The number of Topliss-reactive ketones (excluding diaryl/α,β-unsaturated/α-hetero) is 1. The van der Waals surface area contributed by atoms with Gasteiger partial charge in [0.15, 0.2) is 5.78 Å². The van der Waals surface area contributed by atoms with Crippen molar-refractivity contribution in [3.63, 3.8) is 0 Å². The van der Waals surface area contributed by atoms with Gasteiger partial charge in [-0.25, -0.2) is 0 Å². The molecule has 2 nitrogen and oxygen atoms in total. The lowest BCUT2D eigenvalue weighted by Crippen LogP contribution is -2.23. The van der Waals surface area contributed by atoms with Crippen LogP contribution in [0.15, 0.2) is 12.2 Å². The van der Waals surface area contributed by atoms with Crippen LogP contribution in [0.4, 0.5) is 0 Å². The van der Waals surface area contributed by atoms with Crippen molar-refractivity contribution in [2.45, 2.75) is 39.2 Å². The molecule has 0 saturated carbocycles. The molecule has 0 aliphatic rings. The van der Waals surface area contributed by atoms with Gasteiger partial charge >= 0.3 is 0 Å². The van der Waals surface area contributed by atoms with Crippen molar-refractivity contribution in [1.29, 1.82) is 0 Å². The van der Waals surface area contributed by atoms with E-state index in [0.717, 1.165) is 6.42 Å². The summed E-state index contributed by atoms with van der Waals surface area (Å²) in [5.74, 6) is 0.125. The molecule has 0 spiro atoms. The van der Waals surface area contributed by atoms with Crippen molar-refractivity contribution < 1.29 is 9.53 Å². The zero-order chi connectivity index (χ0) is 9.78. The van der Waals surface area contributed by atoms with Gasteiger partial charge in [-0.05, 0) is 32.8 Å². The van der Waals surface area contributed by atoms with Gasteiger partial charge in [-0.1, -0.05) is 6.58 Å². The zero-order valence-electron chi connectivity index (χ0n) is 8.44. The Morgan fingerprint density at radius 2 is 2.00 bits per heavy atom. The second-order valence-electron chi connectivity index (χ2n) is 3.67. The van der Waals surface area contributed by atoms with Gasteiger partial charge in [0, 0.05) is 13.5 Å². The molecule has 2 heteroatoms. The molecule has 0 aliphatic carbocycles. The number of rotatable bonds is 5. The average Bonchev–Trinajstić information content (AvgIpc) is 2.00. The Bertz CT molecular complexity index is 180. The Hall–Kier alpha value is -0.630. The van der Waals surface area contributed by atoms with Crippen molar-refractivity contribution in [2.75, 3.05) is 7.11 Å². The molecule has 0 fully saturated rings. The van der Waals surface area contributed by atoms with Gasteiger partial charge in [0.05, 0.1) is 5.60 Å². The Balaban J connectivity index is 3.83. The number of hydrogen-bond donors (Lipinski definition) is 0. The molecule has 70 valence electrons. The molecule has 0 bridgehead atoms. The average molecular weight is 170 g/mol. The van der Waals surface area contributed by atoms with E-state index in [1.165, 1.54) is 0 Å². The molecule has 0 aliphatic heterocycles. The van der Waals surface area contributed by atoms with E-state index in [1.54, 1.807) is 14.0 Å². The summed E-state index contributed by atoms with van der Waals surface area (Å²) < 4.78 is 5.19. The lowest BCUT2D eigenvalue weighted by atomic mass is 9.99. The first-order valence-corrected chi connectivity index (χ1v) is 4.13. The molecular weight excluding hydrogens is 152 g/mol. The minimum absolute atomic E-state index is 0.125. The molecule has 0 aromatic carbocycles. The number of ketones is 1. The summed E-state index contributed by atoms with van der Waals surface area (Å²) in [4.78, 5) is 11.2. The van der Waals surface area contributed by atoms with Crippen LogP contribution in [0.1, 0.15) is 33.6 Å². The van der Waals surface area contributed by atoms with Crippen molar-refractivity contribution in [1.82, 2.24) is 0 Å². The zero-order valence-corrected chi connectivity index (χ0v) is 8.44. The number of allylic oxidation sites excluding steroid dienone is 1. The molecule has 0 rings (SSSR count). The first-order valence-electron chi connectivity index (χ1n) is 4.13. The second-order valence-corrected chi connectivity index (χ2v) is 3.67. The van der Waals surface area contributed by atoms with Crippen LogP contribution in [0, 0.1) is 0 Å². The Kier molecular flexibility index (Phi) is 4.18. The monoisotopic (exact) mass is 170 g/mol. The van der Waals surface area contributed by atoms with Crippen molar-refractivity contribution in [3.8, 4) is 0 Å². The van der Waals surface area contributed by atoms with Crippen LogP contribution < -0.4 is 0 Å². The predicted octanol–water partition coefficient (Wildman–Crippen LogP) is 2.34. The molecule has 0 atom stereocenters. The lowest BCUT2D eigenvalue weighted by Gasteiger charge is -2.22. The summed E-state index contributed by atoms with van der Waals surface area (Å²) in [6.45, 7) is 9.27. The Labute approximate surface area is 74.6 Å². The van der Waals surface area contributed by atoms with Crippen LogP contribution in [0.5, 0.6) is 0 Å². The van der Waals surface area contributed by atoms with Crippen LogP contribution in [0.3, 0.4) is 0 Å². The van der Waals surface area contributed by atoms with Crippen LogP contribution >= 0.6 is 0 Å². The summed E-state index contributed by atoms with van der Waals surface area (Å²) in [7, 11) is 1.66. The van der Waals surface area contributed by atoms with Gasteiger partial charge in [-0.3, -0.25) is 4.79 Å². The molecule has 0 aromatic rings. The topological polar surface area (TPSA) is 26.3 Å². The Morgan fingerprint density at radius 1 is 1.50 bits per heavy atom. The summed E-state index contributed by atoms with van der Waals surface area (Å²) >= 11 is 0. The van der Waals surface area contributed by atoms with Gasteiger partial charge in [-0.2, -0.15) is 0 Å². The predicted molar refractivity (Wildman–Crippen MR) is 50.1 cm³/mol. The molecule has 0 unspecified atom stereocenters. The standard InChI is InChI=1S/C10H18O2/c1-8(2)9(11)6-7-10(3,4)12-5/h1,6-7H2,2-5H3. The van der Waals surface area contributed by atoms with Gasteiger partial charge < -0.3 is 4.74 Å². The maximum Gasteiger partial charge on any atom is 0.158 e. The fourth-order valence-corrected chi connectivity index (χ4v) is 0.730. The summed E-state index contributed by atoms with van der Waals surface area (Å²) in [6.07, 6.45) is 1.27. The third-order valence-electron chi connectivity index (χ3n) is 1.98. The minimum atomic E-state index is -0.203. The van der Waals surface area contributed by atoms with Crippen molar-refractivity contribution in [3.05, 3.63) is 12.2 Å². The van der Waals surface area contributed by atoms with Crippen LogP contribution in [-0.4, -0.2) is 18.5 Å². The molecule has 0 saturated heterocycles. The van der Waals surface area contributed by atoms with E-state index in [-0.39, 0.29) is 11.4 Å². The smallest absolute Gasteiger partial charge is 0.158 e. The highest BCUT2D eigenvalue weighted by Crippen LogP contribution is 2.16. The number of carbonyl (C=O) groups excluding carboxylic acids is 1. The highest BCUT2D eigenvalue weighted by molar-refractivity contribution is 5.94. The molecule has 0 N–H and O–H groups in total. The summed E-state index contributed by atoms with van der Waals surface area (Å²) in [5.41, 5.74) is 0.423. The molecule has 0 amide bonds. The first-order chi connectivity index (χ1) is 5.39. The quantitative estimate of drug-likeness (QED) is 0.592. The largest absolute Gasteiger partial charge is 0.379 e. The summed E-state index contributed by atoms with van der Waals surface area (Å²) in [6, 6.07) is 0. The maximum absolute atomic E-state index is 11.2. The number of hydrogen-bond acceptors (Lipinski definition) is 2. The molecular formula is C10H18O2. The van der Waals surface area contributed by atoms with Crippen LogP contribution in [-0.2, 0) is 9.53 Å². The normalized spacial score (nSPS) is 11.3. The number of carbonyl (C=O) groups is 1. The van der Waals surface area contributed by atoms with Gasteiger partial charge in [0.25, 0.3) is 0 Å². The SMILES string of the molecule is C=C(C)C(=O)CCC(C)(C)OC. The van der Waals surface area contributed by atoms with E-state index in [9.17, 15) is 4.79 Å². The highest BCUT2D eigenvalue weighted by atomic mass is 16.5. The lowest BCUT2D eigenvalue weighted by molar-refractivity contribution is -0.116. The van der Waals surface area contributed by atoms with Crippen LogP contribution in [0.25, 0.3) is 0 Å². The van der Waals surface area contributed by atoms with Crippen molar-refractivity contribution >= 4 is 5.78 Å². The molecule has 0 aromatic heterocycles. The van der Waals surface area contributed by atoms with E-state index < -0.39 is 0 Å². The number of methoxy groups -OCH3 is 1. The number of ether oxygens (including phenoxy) is 1. The maximum atomic E-state index is 11.2. The fourth-order valence-electron chi connectivity index (χ4n) is 0.730. The van der Waals surface area contributed by atoms with E-state index in [2.05, 4.69) is 6.58 Å². The van der Waals surface area contributed by atoms with E-state index in [1.807, 2.05) is 13.8 Å². The highest BCUT2D eigenvalue weighted by Gasteiger charge is 2.17. The molecule has 0 radical (unpaired) electrons. The van der Waals surface area contributed by atoms with Crippen LogP contribution in [0.2, 0.25) is 0 Å². The van der Waals surface area contributed by atoms with E-state index >= 15 is 0 Å². The van der Waals surface area contributed by atoms with Gasteiger partial charge in [0.2, 0.25) is 0 Å². The third-order valence-corrected chi connectivity index (χ3v) is 1.98.